The van der Waals surface area contributed by atoms with Crippen LogP contribution in [-0.2, 0) is 6.54 Å². The molecule has 3 rings (SSSR count). The van der Waals surface area contributed by atoms with Crippen molar-refractivity contribution < 1.29 is 0 Å². The van der Waals surface area contributed by atoms with Crippen LogP contribution in [0.25, 0.3) is 0 Å². The third kappa shape index (κ3) is 3.51. The first-order chi connectivity index (χ1) is 10.3. The lowest BCUT2D eigenvalue weighted by Gasteiger charge is -2.26. The molecule has 0 unspecified atom stereocenters. The number of anilines is 2. The summed E-state index contributed by atoms with van der Waals surface area (Å²) in [5, 5.41) is 3.40. The second-order valence-electron chi connectivity index (χ2n) is 5.57. The molecule has 0 spiro atoms. The van der Waals surface area contributed by atoms with Crippen molar-refractivity contribution in [1.29, 1.82) is 0 Å². The van der Waals surface area contributed by atoms with E-state index < -0.39 is 0 Å². The average Bonchev–Trinajstić information content (AvgIpc) is 2.55. The maximum absolute atomic E-state index is 4.64. The fourth-order valence-corrected chi connectivity index (χ4v) is 2.69. The lowest BCUT2D eigenvalue weighted by molar-refractivity contribution is 0.568. The van der Waals surface area contributed by atoms with Gasteiger partial charge in [0.15, 0.2) is 0 Å². The van der Waals surface area contributed by atoms with Gasteiger partial charge in [-0.3, -0.25) is 0 Å². The molecule has 2 heterocycles. The van der Waals surface area contributed by atoms with Gasteiger partial charge in [0.05, 0.1) is 0 Å². The van der Waals surface area contributed by atoms with Crippen molar-refractivity contribution in [3.63, 3.8) is 0 Å². The Balaban J connectivity index is 1.67. The summed E-state index contributed by atoms with van der Waals surface area (Å²) < 4.78 is 0. The van der Waals surface area contributed by atoms with Crippen molar-refractivity contribution >= 4 is 11.8 Å². The van der Waals surface area contributed by atoms with Crippen molar-refractivity contribution in [2.45, 2.75) is 32.7 Å². The summed E-state index contributed by atoms with van der Waals surface area (Å²) in [6.45, 7) is 5.07. The van der Waals surface area contributed by atoms with E-state index in [0.717, 1.165) is 31.4 Å². The van der Waals surface area contributed by atoms with Crippen LogP contribution in [0.4, 0.5) is 11.8 Å². The van der Waals surface area contributed by atoms with Crippen LogP contribution in [-0.4, -0.2) is 23.1 Å². The van der Waals surface area contributed by atoms with Crippen LogP contribution in [0, 0.1) is 6.92 Å². The van der Waals surface area contributed by atoms with Crippen molar-refractivity contribution in [3.05, 3.63) is 47.7 Å². The predicted molar refractivity (Wildman–Crippen MR) is 86.6 cm³/mol. The van der Waals surface area contributed by atoms with Crippen LogP contribution in [0.15, 0.2) is 36.5 Å². The molecule has 0 amide bonds. The van der Waals surface area contributed by atoms with E-state index in [-0.39, 0.29) is 0 Å². The lowest BCUT2D eigenvalue weighted by atomic mass is 10.1. The second-order valence-corrected chi connectivity index (χ2v) is 5.57. The Morgan fingerprint density at radius 2 is 1.90 bits per heavy atom. The Morgan fingerprint density at radius 3 is 2.71 bits per heavy atom. The summed E-state index contributed by atoms with van der Waals surface area (Å²) in [6.07, 6.45) is 5.65. The molecule has 0 radical (unpaired) electrons. The van der Waals surface area contributed by atoms with E-state index in [9.17, 15) is 0 Å². The fourth-order valence-electron chi connectivity index (χ4n) is 2.69. The predicted octanol–water partition coefficient (Wildman–Crippen LogP) is 3.39. The molecule has 1 aromatic carbocycles. The topological polar surface area (TPSA) is 41.1 Å². The van der Waals surface area contributed by atoms with Gasteiger partial charge in [-0.2, -0.15) is 4.98 Å². The number of aryl methyl sites for hydroxylation is 1. The van der Waals surface area contributed by atoms with E-state index in [1.165, 1.54) is 30.4 Å². The van der Waals surface area contributed by atoms with Gasteiger partial charge in [-0.15, -0.1) is 0 Å². The van der Waals surface area contributed by atoms with Crippen LogP contribution in [0.2, 0.25) is 0 Å². The number of aromatic nitrogens is 2. The first-order valence-corrected chi connectivity index (χ1v) is 7.69. The van der Waals surface area contributed by atoms with Crippen molar-refractivity contribution in [2.24, 2.45) is 0 Å². The Morgan fingerprint density at radius 1 is 1.10 bits per heavy atom. The molecule has 1 N–H and O–H groups in total. The molecule has 4 heteroatoms. The second kappa shape index (κ2) is 6.57. The highest BCUT2D eigenvalue weighted by atomic mass is 15.3. The SMILES string of the molecule is Cc1ccccc1CNc1ccnc(N2CCCCC2)n1. The highest BCUT2D eigenvalue weighted by Crippen LogP contribution is 2.17. The van der Waals surface area contributed by atoms with E-state index in [1.807, 2.05) is 12.3 Å². The summed E-state index contributed by atoms with van der Waals surface area (Å²) >= 11 is 0. The third-order valence-electron chi connectivity index (χ3n) is 4.00. The van der Waals surface area contributed by atoms with Gasteiger partial charge in [0.25, 0.3) is 0 Å². The molecule has 1 aromatic heterocycles. The molecular weight excluding hydrogens is 260 g/mol. The molecule has 1 fully saturated rings. The quantitative estimate of drug-likeness (QED) is 0.933. The minimum atomic E-state index is 0.795. The molecule has 0 aliphatic carbocycles. The Hall–Kier alpha value is -2.10. The van der Waals surface area contributed by atoms with Crippen LogP contribution in [0.1, 0.15) is 30.4 Å². The smallest absolute Gasteiger partial charge is 0.227 e. The highest BCUT2D eigenvalue weighted by molar-refractivity contribution is 5.42. The molecular formula is C17H22N4. The molecule has 1 aliphatic heterocycles. The number of hydrogen-bond acceptors (Lipinski definition) is 4. The zero-order valence-electron chi connectivity index (χ0n) is 12.5. The summed E-state index contributed by atoms with van der Waals surface area (Å²) in [7, 11) is 0. The molecule has 0 atom stereocenters. The molecule has 1 aliphatic rings. The molecule has 4 nitrogen and oxygen atoms in total. The molecule has 1 saturated heterocycles. The van der Waals surface area contributed by atoms with E-state index in [0.29, 0.717) is 0 Å². The standard InChI is InChI=1S/C17H22N4/c1-14-7-3-4-8-15(14)13-19-16-9-10-18-17(20-16)21-11-5-2-6-12-21/h3-4,7-10H,2,5-6,11-13H2,1H3,(H,18,19,20). The number of nitrogens with zero attached hydrogens (tertiary/aromatic N) is 3. The molecule has 110 valence electrons. The Kier molecular flexibility index (Phi) is 4.34. The fraction of sp³-hybridized carbons (Fsp3) is 0.412. The normalized spacial score (nSPS) is 15.0. The first kappa shape index (κ1) is 13.9. The van der Waals surface area contributed by atoms with Gasteiger partial charge in [0.1, 0.15) is 5.82 Å². The van der Waals surface area contributed by atoms with E-state index in [2.05, 4.69) is 51.4 Å². The van der Waals surface area contributed by atoms with Crippen molar-refractivity contribution in [2.75, 3.05) is 23.3 Å². The average molecular weight is 282 g/mol. The number of benzene rings is 1. The summed E-state index contributed by atoms with van der Waals surface area (Å²) in [4.78, 5) is 11.3. The first-order valence-electron chi connectivity index (χ1n) is 7.69. The van der Waals surface area contributed by atoms with Crippen molar-refractivity contribution in [3.8, 4) is 0 Å². The molecule has 0 saturated carbocycles. The van der Waals surface area contributed by atoms with Gasteiger partial charge >= 0.3 is 0 Å². The Bertz CT molecular complexity index is 591. The van der Waals surface area contributed by atoms with Crippen molar-refractivity contribution in [1.82, 2.24) is 9.97 Å². The zero-order valence-corrected chi connectivity index (χ0v) is 12.5. The van der Waals surface area contributed by atoms with E-state index in [4.69, 9.17) is 0 Å². The molecule has 21 heavy (non-hydrogen) atoms. The zero-order chi connectivity index (χ0) is 14.5. The maximum atomic E-state index is 4.64. The third-order valence-corrected chi connectivity index (χ3v) is 4.00. The number of rotatable bonds is 4. The van der Waals surface area contributed by atoms with Gasteiger partial charge in [-0.1, -0.05) is 24.3 Å². The summed E-state index contributed by atoms with van der Waals surface area (Å²) in [5.41, 5.74) is 2.60. The van der Waals surface area contributed by atoms with Gasteiger partial charge in [0.2, 0.25) is 5.95 Å². The summed E-state index contributed by atoms with van der Waals surface area (Å²) in [5.74, 6) is 1.75. The minimum absolute atomic E-state index is 0.795. The minimum Gasteiger partial charge on any atom is -0.366 e. The van der Waals surface area contributed by atoms with Gasteiger partial charge in [-0.25, -0.2) is 4.98 Å². The molecule has 2 aromatic rings. The summed E-state index contributed by atoms with van der Waals surface area (Å²) in [6, 6.07) is 10.4. The number of piperidine rings is 1. The maximum Gasteiger partial charge on any atom is 0.227 e. The van der Waals surface area contributed by atoms with Gasteiger partial charge < -0.3 is 10.2 Å². The Labute approximate surface area is 126 Å². The molecule has 0 bridgehead atoms. The van der Waals surface area contributed by atoms with Crippen LogP contribution >= 0.6 is 0 Å². The van der Waals surface area contributed by atoms with E-state index in [1.54, 1.807) is 0 Å². The largest absolute Gasteiger partial charge is 0.366 e. The monoisotopic (exact) mass is 282 g/mol. The van der Waals surface area contributed by atoms with Gasteiger partial charge in [0, 0.05) is 25.8 Å². The number of nitrogens with one attached hydrogen (secondary N) is 1. The van der Waals surface area contributed by atoms with Crippen LogP contribution < -0.4 is 10.2 Å². The van der Waals surface area contributed by atoms with Crippen LogP contribution in [0.5, 0.6) is 0 Å². The number of hydrogen-bond donors (Lipinski definition) is 1. The van der Waals surface area contributed by atoms with Crippen LogP contribution in [0.3, 0.4) is 0 Å². The highest BCUT2D eigenvalue weighted by Gasteiger charge is 2.13. The van der Waals surface area contributed by atoms with E-state index >= 15 is 0 Å². The van der Waals surface area contributed by atoms with Gasteiger partial charge in [-0.05, 0) is 43.4 Å². The lowest BCUT2D eigenvalue weighted by Crippen LogP contribution is -2.31.